The molecule has 2 N–H and O–H groups in total. The smallest absolute Gasteiger partial charge is 0.422 e. The largest absolute Gasteiger partial charge is 0.456 e. The van der Waals surface area contributed by atoms with Crippen molar-refractivity contribution in [2.45, 2.75) is 0 Å². The van der Waals surface area contributed by atoms with Crippen LogP contribution in [0.2, 0.25) is 10.2 Å². The molecule has 162 valence electrons. The zero-order valence-corrected chi connectivity index (χ0v) is 17.4. The second-order valence-corrected chi connectivity index (χ2v) is 6.95. The highest BCUT2D eigenvalue weighted by Gasteiger charge is 2.17. The van der Waals surface area contributed by atoms with Gasteiger partial charge in [0, 0.05) is 12.3 Å². The van der Waals surface area contributed by atoms with Gasteiger partial charge in [0.15, 0.2) is 11.6 Å². The summed E-state index contributed by atoms with van der Waals surface area (Å²) < 4.78 is 29.8. The molecule has 0 radical (unpaired) electrons. The Morgan fingerprint density at radius 3 is 2.44 bits per heavy atom. The van der Waals surface area contributed by atoms with Gasteiger partial charge in [0.1, 0.15) is 28.0 Å². The molecule has 8 nitrogen and oxygen atoms in total. The number of amides is 2. The number of rotatable bonds is 4. The predicted octanol–water partition coefficient (Wildman–Crippen LogP) is 6.09. The molecule has 0 aliphatic heterocycles. The van der Waals surface area contributed by atoms with Crippen molar-refractivity contribution in [1.29, 1.82) is 0 Å². The number of fused-ring (bicyclic) bond motifs is 1. The van der Waals surface area contributed by atoms with E-state index in [1.54, 1.807) is 18.2 Å². The Morgan fingerprint density at radius 2 is 1.69 bits per heavy atom. The van der Waals surface area contributed by atoms with Crippen molar-refractivity contribution in [2.75, 3.05) is 0 Å². The van der Waals surface area contributed by atoms with Gasteiger partial charge in [-0.2, -0.15) is 0 Å². The van der Waals surface area contributed by atoms with E-state index >= 15 is 0 Å². The van der Waals surface area contributed by atoms with Gasteiger partial charge < -0.3 is 19.2 Å². The fraction of sp³-hybridized carbons (Fsp3) is 0. The molecule has 32 heavy (non-hydrogen) atoms. The van der Waals surface area contributed by atoms with Crippen LogP contribution in [-0.2, 0) is 0 Å². The Morgan fingerprint density at radius 1 is 0.938 bits per heavy atom. The van der Waals surface area contributed by atoms with Crippen LogP contribution in [0, 0.1) is 5.82 Å². The number of carbonyl (C=O) groups excluding carboxylic acids is 2. The number of imide groups is 1. The number of aromatic amines is 1. The van der Waals surface area contributed by atoms with Crippen LogP contribution >= 0.6 is 23.2 Å². The molecular formula is C21H12Cl2FN3O5. The molecule has 2 heterocycles. The third-order valence-electron chi connectivity index (χ3n) is 4.04. The Hall–Kier alpha value is -3.82. The van der Waals surface area contributed by atoms with Gasteiger partial charge in [-0.3, -0.25) is 0 Å². The van der Waals surface area contributed by atoms with Gasteiger partial charge >= 0.3 is 12.2 Å². The zero-order chi connectivity index (χ0) is 22.7. The van der Waals surface area contributed by atoms with Gasteiger partial charge in [-0.15, -0.1) is 0 Å². The number of benzene rings is 2. The fourth-order valence-electron chi connectivity index (χ4n) is 2.69. The number of pyridine rings is 1. The minimum absolute atomic E-state index is 0.0969. The number of nitrogens with one attached hydrogen (secondary N) is 2. The number of nitrogens with zero attached hydrogens (tertiary/aromatic N) is 1. The number of ether oxygens (including phenoxy) is 3. The van der Waals surface area contributed by atoms with Gasteiger partial charge in [-0.25, -0.2) is 24.3 Å². The average Bonchev–Trinajstić information content (AvgIpc) is 3.05. The van der Waals surface area contributed by atoms with Crippen LogP contribution < -0.4 is 19.5 Å². The van der Waals surface area contributed by atoms with E-state index < -0.39 is 23.8 Å². The van der Waals surface area contributed by atoms with Crippen LogP contribution in [0.5, 0.6) is 23.0 Å². The molecule has 0 aliphatic rings. The van der Waals surface area contributed by atoms with E-state index in [4.69, 9.17) is 37.4 Å². The van der Waals surface area contributed by atoms with E-state index in [9.17, 15) is 14.0 Å². The molecule has 2 aromatic heterocycles. The Labute approximate surface area is 189 Å². The lowest BCUT2D eigenvalue weighted by Crippen LogP contribution is -2.35. The van der Waals surface area contributed by atoms with E-state index in [1.807, 2.05) is 5.32 Å². The van der Waals surface area contributed by atoms with Crippen molar-refractivity contribution in [3.05, 3.63) is 76.8 Å². The summed E-state index contributed by atoms with van der Waals surface area (Å²) in [5, 5.41) is 2.66. The molecule has 4 aromatic rings. The lowest BCUT2D eigenvalue weighted by molar-refractivity contribution is 0.180. The standard InChI is InChI=1S/C21H12Cl2FN3O5/c22-17-16-15(8-9-25-19(16)26-18(17)23)30-12-6-7-14(13(24)10-12)32-21(29)27-20(28)31-11-4-2-1-3-5-11/h1-10H,(H,25,26)(H,27,28,29). The molecule has 0 aliphatic carbocycles. The topological polar surface area (TPSA) is 103 Å². The van der Waals surface area contributed by atoms with Crippen molar-refractivity contribution in [3.8, 4) is 23.0 Å². The summed E-state index contributed by atoms with van der Waals surface area (Å²) in [6, 6.07) is 13.1. The predicted molar refractivity (Wildman–Crippen MR) is 114 cm³/mol. The normalized spacial score (nSPS) is 10.6. The molecule has 0 saturated carbocycles. The lowest BCUT2D eigenvalue weighted by Gasteiger charge is -2.10. The summed E-state index contributed by atoms with van der Waals surface area (Å²) in [5.74, 6) is -0.723. The first-order valence-corrected chi connectivity index (χ1v) is 9.71. The lowest BCUT2D eigenvalue weighted by atomic mass is 10.3. The van der Waals surface area contributed by atoms with Gasteiger partial charge in [0.2, 0.25) is 0 Å². The number of hydrogen-bond acceptors (Lipinski definition) is 6. The van der Waals surface area contributed by atoms with Gasteiger partial charge in [-0.1, -0.05) is 41.4 Å². The first-order valence-electron chi connectivity index (χ1n) is 8.95. The van der Waals surface area contributed by atoms with E-state index in [2.05, 4.69) is 9.97 Å². The number of carbonyl (C=O) groups is 2. The van der Waals surface area contributed by atoms with Crippen LogP contribution in [0.3, 0.4) is 0 Å². The molecule has 0 fully saturated rings. The molecule has 0 bridgehead atoms. The molecule has 0 saturated heterocycles. The summed E-state index contributed by atoms with van der Waals surface area (Å²) >= 11 is 12.1. The summed E-state index contributed by atoms with van der Waals surface area (Å²) in [4.78, 5) is 30.5. The van der Waals surface area contributed by atoms with Crippen LogP contribution in [-0.4, -0.2) is 22.2 Å². The molecular weight excluding hydrogens is 464 g/mol. The van der Waals surface area contributed by atoms with Gasteiger partial charge in [0.05, 0.1) is 10.4 Å². The third kappa shape index (κ3) is 4.74. The minimum Gasteiger partial charge on any atom is -0.456 e. The molecule has 2 amide bonds. The molecule has 11 heteroatoms. The molecule has 0 atom stereocenters. The van der Waals surface area contributed by atoms with Gasteiger partial charge in [0.25, 0.3) is 0 Å². The van der Waals surface area contributed by atoms with Crippen LogP contribution in [0.1, 0.15) is 0 Å². The second kappa shape index (κ2) is 9.13. The minimum atomic E-state index is -1.22. The Balaban J connectivity index is 1.42. The summed E-state index contributed by atoms with van der Waals surface area (Å²) in [6.45, 7) is 0. The number of para-hydroxylation sites is 1. The van der Waals surface area contributed by atoms with Crippen molar-refractivity contribution in [3.63, 3.8) is 0 Å². The van der Waals surface area contributed by atoms with E-state index in [0.29, 0.717) is 11.0 Å². The maximum Gasteiger partial charge on any atom is 0.422 e. The van der Waals surface area contributed by atoms with Gasteiger partial charge in [-0.05, 0) is 30.3 Å². The van der Waals surface area contributed by atoms with Crippen molar-refractivity contribution < 1.29 is 28.2 Å². The second-order valence-electron chi connectivity index (χ2n) is 6.20. The fourth-order valence-corrected chi connectivity index (χ4v) is 3.10. The number of halogens is 3. The van der Waals surface area contributed by atoms with Crippen LogP contribution in [0.4, 0.5) is 14.0 Å². The van der Waals surface area contributed by atoms with E-state index in [0.717, 1.165) is 12.1 Å². The summed E-state index contributed by atoms with van der Waals surface area (Å²) in [7, 11) is 0. The Kier molecular flexibility index (Phi) is 6.11. The van der Waals surface area contributed by atoms with Crippen molar-refractivity contribution >= 4 is 46.4 Å². The van der Waals surface area contributed by atoms with Crippen LogP contribution in [0.25, 0.3) is 11.0 Å². The summed E-state index contributed by atoms with van der Waals surface area (Å²) in [5.41, 5.74) is 0.400. The van der Waals surface area contributed by atoms with Crippen molar-refractivity contribution in [1.82, 2.24) is 15.3 Å². The highest BCUT2D eigenvalue weighted by molar-refractivity contribution is 6.45. The first kappa shape index (κ1) is 21.4. The molecule has 2 aromatic carbocycles. The first-order chi connectivity index (χ1) is 15.4. The van der Waals surface area contributed by atoms with Crippen molar-refractivity contribution in [2.24, 2.45) is 0 Å². The maximum absolute atomic E-state index is 14.4. The average molecular weight is 476 g/mol. The van der Waals surface area contributed by atoms with E-state index in [-0.39, 0.29) is 27.4 Å². The zero-order valence-electron chi connectivity index (χ0n) is 15.9. The molecule has 0 spiro atoms. The number of hydrogen-bond donors (Lipinski definition) is 2. The molecule has 4 rings (SSSR count). The highest BCUT2D eigenvalue weighted by atomic mass is 35.5. The quantitative estimate of drug-likeness (QED) is 0.370. The Bertz CT molecular complexity index is 1310. The van der Waals surface area contributed by atoms with E-state index in [1.165, 1.54) is 30.5 Å². The SMILES string of the molecule is O=C(NC(=O)Oc1ccc(Oc2ccnc3[nH]c(Cl)c(Cl)c23)cc1F)Oc1ccccc1. The highest BCUT2D eigenvalue weighted by Crippen LogP contribution is 2.38. The monoisotopic (exact) mass is 475 g/mol. The molecule has 0 unspecified atom stereocenters. The number of H-pyrrole nitrogens is 1. The number of aromatic nitrogens is 2. The summed E-state index contributed by atoms with van der Waals surface area (Å²) in [6.07, 6.45) is -0.832. The third-order valence-corrected chi connectivity index (χ3v) is 4.80. The maximum atomic E-state index is 14.4. The van der Waals surface area contributed by atoms with Crippen LogP contribution in [0.15, 0.2) is 60.8 Å².